The minimum atomic E-state index is -0.483. The predicted molar refractivity (Wildman–Crippen MR) is 72.2 cm³/mol. The summed E-state index contributed by atoms with van der Waals surface area (Å²) in [6.07, 6.45) is 0.729. The monoisotopic (exact) mass is 280 g/mol. The highest BCUT2D eigenvalue weighted by atomic mass is 16.2. The fraction of sp³-hybridized carbons (Fsp3) is 0.500. The molecule has 2 rings (SSSR count). The lowest BCUT2D eigenvalue weighted by atomic mass is 10.4. The van der Waals surface area contributed by atoms with Gasteiger partial charge in [-0.15, -0.1) is 10.2 Å². The van der Waals surface area contributed by atoms with Crippen LogP contribution in [0.2, 0.25) is 0 Å². The van der Waals surface area contributed by atoms with E-state index in [9.17, 15) is 9.59 Å². The molecule has 108 valence electrons. The minimum absolute atomic E-state index is 0.114. The summed E-state index contributed by atoms with van der Waals surface area (Å²) < 4.78 is 2.38. The molecule has 10 heteroatoms. The van der Waals surface area contributed by atoms with Crippen LogP contribution in [-0.4, -0.2) is 29.8 Å². The van der Waals surface area contributed by atoms with E-state index in [0.29, 0.717) is 12.4 Å². The van der Waals surface area contributed by atoms with Crippen LogP contribution in [0.3, 0.4) is 0 Å². The zero-order chi connectivity index (χ0) is 14.7. The molecule has 0 aliphatic rings. The number of rotatable bonds is 5. The van der Waals surface area contributed by atoms with Gasteiger partial charge in [0.15, 0.2) is 5.82 Å². The van der Waals surface area contributed by atoms with Crippen molar-refractivity contribution < 1.29 is 0 Å². The van der Waals surface area contributed by atoms with E-state index in [2.05, 4.69) is 25.9 Å². The molecule has 0 fully saturated rings. The highest BCUT2D eigenvalue weighted by molar-refractivity contribution is 5.60. The number of nitrogens with two attached hydrogens (primary N) is 1. The molecule has 0 saturated heterocycles. The van der Waals surface area contributed by atoms with E-state index in [1.165, 1.54) is 11.6 Å². The maximum absolute atomic E-state index is 12.1. The Labute approximate surface area is 113 Å². The molecule has 0 unspecified atom stereocenters. The number of aromatic amines is 1. The smallest absolute Gasteiger partial charge is 0.332 e. The Bertz CT molecular complexity index is 699. The van der Waals surface area contributed by atoms with Gasteiger partial charge in [0, 0.05) is 13.6 Å². The molecule has 0 atom stereocenters. The van der Waals surface area contributed by atoms with Crippen molar-refractivity contribution in [3.63, 3.8) is 0 Å². The van der Waals surface area contributed by atoms with Crippen LogP contribution in [0.4, 0.5) is 11.5 Å². The summed E-state index contributed by atoms with van der Waals surface area (Å²) in [6, 6.07) is 0. The first-order valence-corrected chi connectivity index (χ1v) is 6.11. The Morgan fingerprint density at radius 2 is 2.15 bits per heavy atom. The summed E-state index contributed by atoms with van der Waals surface area (Å²) in [4.78, 5) is 24.0. The lowest BCUT2D eigenvalue weighted by Gasteiger charge is -2.14. The number of nitrogen functional groups attached to an aromatic ring is 1. The number of tetrazole rings is 1. The second-order valence-corrected chi connectivity index (χ2v) is 4.24. The van der Waals surface area contributed by atoms with Crippen molar-refractivity contribution in [1.29, 1.82) is 0 Å². The van der Waals surface area contributed by atoms with Gasteiger partial charge in [-0.05, 0) is 6.42 Å². The Morgan fingerprint density at radius 1 is 1.40 bits per heavy atom. The molecular formula is C10H16N8O2. The van der Waals surface area contributed by atoms with Gasteiger partial charge >= 0.3 is 5.69 Å². The Morgan fingerprint density at radius 3 is 2.75 bits per heavy atom. The zero-order valence-electron chi connectivity index (χ0n) is 11.3. The fourth-order valence-electron chi connectivity index (χ4n) is 1.81. The number of hydrogen-bond donors (Lipinski definition) is 3. The van der Waals surface area contributed by atoms with Gasteiger partial charge in [-0.2, -0.15) is 5.21 Å². The van der Waals surface area contributed by atoms with Crippen molar-refractivity contribution in [2.45, 2.75) is 26.4 Å². The van der Waals surface area contributed by atoms with E-state index in [1.54, 1.807) is 0 Å². The molecule has 0 aliphatic carbocycles. The average Bonchev–Trinajstić information content (AvgIpc) is 2.94. The van der Waals surface area contributed by atoms with E-state index in [4.69, 9.17) is 5.73 Å². The number of nitrogens with one attached hydrogen (secondary N) is 2. The largest absolute Gasteiger partial charge is 0.383 e. The summed E-state index contributed by atoms with van der Waals surface area (Å²) in [5.41, 5.74) is 5.15. The van der Waals surface area contributed by atoms with Gasteiger partial charge in [-0.25, -0.2) is 4.79 Å². The Balaban J connectivity index is 2.41. The summed E-state index contributed by atoms with van der Waals surface area (Å²) >= 11 is 0. The number of nitrogens with zero attached hydrogens (tertiary/aromatic N) is 5. The molecule has 0 aliphatic heterocycles. The van der Waals surface area contributed by atoms with E-state index in [-0.39, 0.29) is 18.1 Å². The first-order chi connectivity index (χ1) is 9.56. The number of H-pyrrole nitrogens is 1. The normalized spacial score (nSPS) is 10.7. The third kappa shape index (κ3) is 2.39. The Hall–Kier alpha value is -2.65. The highest BCUT2D eigenvalue weighted by Crippen LogP contribution is 2.11. The topological polar surface area (TPSA) is 137 Å². The second-order valence-electron chi connectivity index (χ2n) is 4.24. The lowest BCUT2D eigenvalue weighted by molar-refractivity contribution is 0.600. The number of hydrogen-bond acceptors (Lipinski definition) is 7. The molecule has 0 radical (unpaired) electrons. The maximum Gasteiger partial charge on any atom is 0.332 e. The van der Waals surface area contributed by atoms with Gasteiger partial charge < -0.3 is 11.1 Å². The van der Waals surface area contributed by atoms with Crippen LogP contribution in [-0.2, 0) is 20.1 Å². The third-order valence-electron chi connectivity index (χ3n) is 2.84. The van der Waals surface area contributed by atoms with Gasteiger partial charge in [0.05, 0.1) is 6.54 Å². The standard InChI is InChI=1S/C10H16N8O2/c1-3-4-18-8(11)7(9(19)17(2)10(18)20)12-5-6-13-15-16-14-6/h12H,3-5,11H2,1-2H3,(H,13,14,15,16). The molecule has 10 nitrogen and oxygen atoms in total. The Kier molecular flexibility index (Phi) is 3.82. The summed E-state index contributed by atoms with van der Waals surface area (Å²) in [5.74, 6) is 0.503. The van der Waals surface area contributed by atoms with E-state index >= 15 is 0 Å². The fourth-order valence-corrected chi connectivity index (χ4v) is 1.81. The van der Waals surface area contributed by atoms with E-state index < -0.39 is 11.2 Å². The molecule has 0 spiro atoms. The van der Waals surface area contributed by atoms with Crippen LogP contribution < -0.4 is 22.3 Å². The molecule has 0 saturated carbocycles. The van der Waals surface area contributed by atoms with Crippen molar-refractivity contribution in [2.75, 3.05) is 11.1 Å². The second kappa shape index (κ2) is 5.55. The first-order valence-electron chi connectivity index (χ1n) is 6.11. The van der Waals surface area contributed by atoms with Gasteiger partial charge in [-0.3, -0.25) is 13.9 Å². The van der Waals surface area contributed by atoms with Gasteiger partial charge in [-0.1, -0.05) is 12.1 Å². The van der Waals surface area contributed by atoms with Crippen molar-refractivity contribution in [3.8, 4) is 0 Å². The highest BCUT2D eigenvalue weighted by Gasteiger charge is 2.15. The molecule has 2 aromatic heterocycles. The van der Waals surface area contributed by atoms with Crippen molar-refractivity contribution in [1.82, 2.24) is 29.8 Å². The maximum atomic E-state index is 12.1. The molecule has 4 N–H and O–H groups in total. The van der Waals surface area contributed by atoms with Gasteiger partial charge in [0.1, 0.15) is 11.5 Å². The SMILES string of the molecule is CCCn1c(N)c(NCc2nn[nH]n2)c(=O)n(C)c1=O. The van der Waals surface area contributed by atoms with Crippen LogP contribution in [0.1, 0.15) is 19.2 Å². The number of aromatic nitrogens is 6. The molecule has 20 heavy (non-hydrogen) atoms. The zero-order valence-corrected chi connectivity index (χ0v) is 11.3. The number of anilines is 2. The predicted octanol–water partition coefficient (Wildman–Crippen LogP) is -1.34. The van der Waals surface area contributed by atoms with Crippen molar-refractivity contribution in [3.05, 3.63) is 26.7 Å². The molecule has 2 aromatic rings. The van der Waals surface area contributed by atoms with Crippen LogP contribution in [0.15, 0.2) is 9.59 Å². The molecule has 0 bridgehead atoms. The van der Waals surface area contributed by atoms with Gasteiger partial charge in [0.25, 0.3) is 5.56 Å². The van der Waals surface area contributed by atoms with Crippen LogP contribution in [0, 0.1) is 0 Å². The molecule has 2 heterocycles. The van der Waals surface area contributed by atoms with Crippen LogP contribution >= 0.6 is 0 Å². The summed E-state index contributed by atoms with van der Waals surface area (Å²) in [7, 11) is 1.41. The van der Waals surface area contributed by atoms with Crippen molar-refractivity contribution in [2.24, 2.45) is 7.05 Å². The van der Waals surface area contributed by atoms with E-state index in [1.807, 2.05) is 6.92 Å². The third-order valence-corrected chi connectivity index (χ3v) is 2.84. The minimum Gasteiger partial charge on any atom is -0.383 e. The first kappa shape index (κ1) is 13.8. The molecule has 0 aromatic carbocycles. The van der Waals surface area contributed by atoms with Crippen LogP contribution in [0.5, 0.6) is 0 Å². The quantitative estimate of drug-likeness (QED) is 0.616. The molecular weight excluding hydrogens is 264 g/mol. The lowest BCUT2D eigenvalue weighted by Crippen LogP contribution is -2.40. The van der Waals surface area contributed by atoms with Gasteiger partial charge in [0.2, 0.25) is 0 Å². The summed E-state index contributed by atoms with van der Waals surface area (Å²) in [5, 5.41) is 16.1. The molecule has 0 amide bonds. The summed E-state index contributed by atoms with van der Waals surface area (Å²) in [6.45, 7) is 2.54. The van der Waals surface area contributed by atoms with Crippen molar-refractivity contribution >= 4 is 11.5 Å². The van der Waals surface area contributed by atoms with E-state index in [0.717, 1.165) is 11.0 Å². The van der Waals surface area contributed by atoms with Crippen LogP contribution in [0.25, 0.3) is 0 Å². The average molecular weight is 280 g/mol.